The Kier molecular flexibility index (Phi) is 3.77. The quantitative estimate of drug-likeness (QED) is 0.906. The van der Waals surface area contributed by atoms with Crippen LogP contribution < -0.4 is 4.90 Å². The highest BCUT2D eigenvalue weighted by molar-refractivity contribution is 5.87. The van der Waals surface area contributed by atoms with Crippen molar-refractivity contribution in [1.29, 1.82) is 0 Å². The van der Waals surface area contributed by atoms with E-state index in [4.69, 9.17) is 9.84 Å². The van der Waals surface area contributed by atoms with Gasteiger partial charge in [-0.25, -0.2) is 4.79 Å². The fourth-order valence-electron chi connectivity index (χ4n) is 4.23. The summed E-state index contributed by atoms with van der Waals surface area (Å²) in [5.74, 6) is -0.503. The average Bonchev–Trinajstić information content (AvgIpc) is 2.62. The molecule has 0 amide bonds. The molecule has 24 heavy (non-hydrogen) atoms. The van der Waals surface area contributed by atoms with E-state index in [1.54, 1.807) is 12.1 Å². The highest BCUT2D eigenvalue weighted by Gasteiger charge is 2.42. The standard InChI is InChI=1S/C20H21NO3/c1-21-17-7-3-2-5-15(17)19-16(6-4-12-24-19)18(21)13-8-10-14(11-9-13)20(22)23/h2-3,5,7-11,16,18-19H,4,6,12H2,1H3,(H,22,23)/t16?,18-,19?/m1/s1. The molecular formula is C20H21NO3. The Morgan fingerprint density at radius 1 is 1.17 bits per heavy atom. The van der Waals surface area contributed by atoms with Crippen molar-refractivity contribution >= 4 is 11.7 Å². The maximum absolute atomic E-state index is 11.1. The summed E-state index contributed by atoms with van der Waals surface area (Å²) >= 11 is 0. The summed E-state index contributed by atoms with van der Waals surface area (Å²) in [5.41, 5.74) is 3.95. The number of aromatic carboxylic acids is 1. The Balaban J connectivity index is 1.78. The van der Waals surface area contributed by atoms with Crippen molar-refractivity contribution < 1.29 is 14.6 Å². The summed E-state index contributed by atoms with van der Waals surface area (Å²) < 4.78 is 6.15. The average molecular weight is 323 g/mol. The van der Waals surface area contributed by atoms with Crippen molar-refractivity contribution in [3.63, 3.8) is 0 Å². The second-order valence-corrected chi connectivity index (χ2v) is 6.64. The molecule has 0 saturated carbocycles. The van der Waals surface area contributed by atoms with Gasteiger partial charge in [0.05, 0.1) is 17.7 Å². The summed E-state index contributed by atoms with van der Waals surface area (Å²) in [6.45, 7) is 0.809. The maximum atomic E-state index is 11.1. The maximum Gasteiger partial charge on any atom is 0.335 e. The van der Waals surface area contributed by atoms with Gasteiger partial charge in [0.2, 0.25) is 0 Å². The zero-order chi connectivity index (χ0) is 16.7. The van der Waals surface area contributed by atoms with Gasteiger partial charge in [0, 0.05) is 30.8 Å². The molecule has 2 aromatic rings. The molecule has 1 saturated heterocycles. The summed E-state index contributed by atoms with van der Waals surface area (Å²) in [5, 5.41) is 9.13. The molecular weight excluding hydrogens is 302 g/mol. The number of carbonyl (C=O) groups is 1. The summed E-state index contributed by atoms with van der Waals surface area (Å²) in [4.78, 5) is 13.4. The number of carboxylic acids is 1. The molecule has 0 aromatic heterocycles. The molecule has 1 fully saturated rings. The van der Waals surface area contributed by atoms with Crippen LogP contribution in [0.25, 0.3) is 0 Å². The van der Waals surface area contributed by atoms with E-state index < -0.39 is 5.97 Å². The highest BCUT2D eigenvalue weighted by atomic mass is 16.5. The predicted octanol–water partition coefficient (Wildman–Crippen LogP) is 4.04. The number of rotatable bonds is 2. The number of fused-ring (bicyclic) bond motifs is 3. The first kappa shape index (κ1) is 15.2. The van der Waals surface area contributed by atoms with E-state index in [2.05, 4.69) is 36.2 Å². The molecule has 1 N–H and O–H groups in total. The Labute approximate surface area is 141 Å². The fourth-order valence-corrected chi connectivity index (χ4v) is 4.23. The third-order valence-electron chi connectivity index (χ3n) is 5.31. The summed E-state index contributed by atoms with van der Waals surface area (Å²) in [7, 11) is 2.12. The molecule has 0 bridgehead atoms. The van der Waals surface area contributed by atoms with Gasteiger partial charge in [-0.15, -0.1) is 0 Å². The van der Waals surface area contributed by atoms with Crippen LogP contribution in [-0.2, 0) is 4.74 Å². The third-order valence-corrected chi connectivity index (χ3v) is 5.31. The van der Waals surface area contributed by atoms with Crippen molar-refractivity contribution in [3.05, 3.63) is 65.2 Å². The normalized spacial score (nSPS) is 25.7. The van der Waals surface area contributed by atoms with Crippen LogP contribution >= 0.6 is 0 Å². The molecule has 0 aliphatic carbocycles. The number of anilines is 1. The minimum atomic E-state index is -0.886. The molecule has 3 atom stereocenters. The fraction of sp³-hybridized carbons (Fsp3) is 0.350. The lowest BCUT2D eigenvalue weighted by Crippen LogP contribution is -2.41. The van der Waals surface area contributed by atoms with Crippen LogP contribution in [0.15, 0.2) is 48.5 Å². The van der Waals surface area contributed by atoms with Gasteiger partial charge in [0.1, 0.15) is 0 Å². The van der Waals surface area contributed by atoms with Crippen molar-refractivity contribution in [2.45, 2.75) is 25.0 Å². The van der Waals surface area contributed by atoms with Crippen LogP contribution in [0, 0.1) is 5.92 Å². The van der Waals surface area contributed by atoms with Gasteiger partial charge >= 0.3 is 5.97 Å². The van der Waals surface area contributed by atoms with E-state index in [0.717, 1.165) is 25.0 Å². The number of para-hydroxylation sites is 1. The monoisotopic (exact) mass is 323 g/mol. The van der Waals surface area contributed by atoms with Crippen molar-refractivity contribution in [2.24, 2.45) is 5.92 Å². The molecule has 2 aromatic carbocycles. The second kappa shape index (κ2) is 5.95. The van der Waals surface area contributed by atoms with E-state index in [0.29, 0.717) is 11.5 Å². The van der Waals surface area contributed by atoms with E-state index in [-0.39, 0.29) is 12.1 Å². The molecule has 4 nitrogen and oxygen atoms in total. The third kappa shape index (κ3) is 2.38. The lowest BCUT2D eigenvalue weighted by atomic mass is 9.76. The SMILES string of the molecule is CN1c2ccccc2C2OCCCC2[C@H]1c1ccc(C(=O)O)cc1. The largest absolute Gasteiger partial charge is 0.478 e. The molecule has 4 rings (SSSR count). The van der Waals surface area contributed by atoms with E-state index in [1.165, 1.54) is 11.3 Å². The second-order valence-electron chi connectivity index (χ2n) is 6.64. The van der Waals surface area contributed by atoms with E-state index in [1.807, 2.05) is 12.1 Å². The van der Waals surface area contributed by atoms with Gasteiger partial charge in [-0.1, -0.05) is 30.3 Å². The highest BCUT2D eigenvalue weighted by Crippen LogP contribution is 2.51. The summed E-state index contributed by atoms with van der Waals surface area (Å²) in [6, 6.07) is 15.9. The van der Waals surface area contributed by atoms with Crippen molar-refractivity contribution in [2.75, 3.05) is 18.6 Å². The zero-order valence-electron chi connectivity index (χ0n) is 13.7. The molecule has 124 valence electrons. The Morgan fingerprint density at radius 3 is 2.67 bits per heavy atom. The van der Waals surface area contributed by atoms with Crippen LogP contribution in [0.3, 0.4) is 0 Å². The number of hydrogen-bond acceptors (Lipinski definition) is 3. The smallest absolute Gasteiger partial charge is 0.335 e. The topological polar surface area (TPSA) is 49.8 Å². The van der Waals surface area contributed by atoms with Gasteiger partial charge in [0.15, 0.2) is 0 Å². The zero-order valence-corrected chi connectivity index (χ0v) is 13.7. The minimum absolute atomic E-state index is 0.121. The molecule has 2 unspecified atom stereocenters. The van der Waals surface area contributed by atoms with E-state index in [9.17, 15) is 4.79 Å². The van der Waals surface area contributed by atoms with Gasteiger partial charge in [-0.3, -0.25) is 0 Å². The first-order chi connectivity index (χ1) is 11.7. The molecule has 2 aliphatic rings. The molecule has 2 aliphatic heterocycles. The van der Waals surface area contributed by atoms with Gasteiger partial charge in [0.25, 0.3) is 0 Å². The van der Waals surface area contributed by atoms with Gasteiger partial charge < -0.3 is 14.7 Å². The number of carboxylic acid groups (broad SMARTS) is 1. The minimum Gasteiger partial charge on any atom is -0.478 e. The van der Waals surface area contributed by atoms with E-state index >= 15 is 0 Å². The molecule has 4 heteroatoms. The molecule has 0 spiro atoms. The van der Waals surface area contributed by atoms with Crippen LogP contribution in [0.2, 0.25) is 0 Å². The molecule has 2 heterocycles. The van der Waals surface area contributed by atoms with Crippen molar-refractivity contribution in [1.82, 2.24) is 0 Å². The number of hydrogen-bond donors (Lipinski definition) is 1. The predicted molar refractivity (Wildman–Crippen MR) is 92.4 cm³/mol. The van der Waals surface area contributed by atoms with Gasteiger partial charge in [-0.05, 0) is 36.6 Å². The lowest BCUT2D eigenvalue weighted by molar-refractivity contribution is -0.0420. The number of ether oxygens (including phenoxy) is 1. The number of benzene rings is 2. The Bertz CT molecular complexity index is 756. The molecule has 0 radical (unpaired) electrons. The summed E-state index contributed by atoms with van der Waals surface area (Å²) in [6.07, 6.45) is 2.31. The Hall–Kier alpha value is -2.33. The van der Waals surface area contributed by atoms with Crippen LogP contribution in [-0.4, -0.2) is 24.7 Å². The van der Waals surface area contributed by atoms with Crippen LogP contribution in [0.5, 0.6) is 0 Å². The van der Waals surface area contributed by atoms with Crippen molar-refractivity contribution in [3.8, 4) is 0 Å². The first-order valence-corrected chi connectivity index (χ1v) is 8.43. The first-order valence-electron chi connectivity index (χ1n) is 8.43. The van der Waals surface area contributed by atoms with Crippen LogP contribution in [0.4, 0.5) is 5.69 Å². The van der Waals surface area contributed by atoms with Crippen LogP contribution in [0.1, 0.15) is 46.5 Å². The lowest BCUT2D eigenvalue weighted by Gasteiger charge is -2.48. The Morgan fingerprint density at radius 2 is 1.92 bits per heavy atom. The number of nitrogens with zero attached hydrogens (tertiary/aromatic N) is 1. The van der Waals surface area contributed by atoms with Gasteiger partial charge in [-0.2, -0.15) is 0 Å².